The number of H-pyrrole nitrogens is 2. The van der Waals surface area contributed by atoms with Crippen LogP contribution in [0.2, 0.25) is 0 Å². The summed E-state index contributed by atoms with van der Waals surface area (Å²) in [6.07, 6.45) is 0. The molecule has 0 unspecified atom stereocenters. The van der Waals surface area contributed by atoms with E-state index in [1.165, 1.54) is 11.3 Å². The van der Waals surface area contributed by atoms with E-state index in [-0.39, 0.29) is 11.1 Å². The molecule has 3 aromatic heterocycles. The Labute approximate surface area is 168 Å². The van der Waals surface area contributed by atoms with Gasteiger partial charge in [0.25, 0.3) is 5.56 Å². The monoisotopic (exact) mass is 401 g/mol. The molecule has 142 valence electrons. The van der Waals surface area contributed by atoms with Crippen molar-refractivity contribution in [1.82, 2.24) is 15.0 Å². The van der Waals surface area contributed by atoms with Crippen LogP contribution in [0.25, 0.3) is 42.9 Å². The number of thiophene rings is 1. The largest absolute Gasteiger partial charge is 0.497 e. The van der Waals surface area contributed by atoms with Gasteiger partial charge in [-0.2, -0.15) is 0 Å². The van der Waals surface area contributed by atoms with Gasteiger partial charge in [-0.25, -0.2) is 4.98 Å². The van der Waals surface area contributed by atoms with Crippen LogP contribution < -0.4 is 15.9 Å². The van der Waals surface area contributed by atoms with Crippen LogP contribution in [0.4, 0.5) is 0 Å². The van der Waals surface area contributed by atoms with Crippen molar-refractivity contribution in [2.45, 2.75) is 0 Å². The van der Waals surface area contributed by atoms with E-state index in [2.05, 4.69) is 9.97 Å². The number of pyridine rings is 1. The zero-order chi connectivity index (χ0) is 20.0. The molecule has 7 heteroatoms. The second-order valence-corrected chi connectivity index (χ2v) is 7.56. The number of benzene rings is 2. The summed E-state index contributed by atoms with van der Waals surface area (Å²) in [5.41, 5.74) is 2.53. The minimum Gasteiger partial charge on any atom is -0.497 e. The third kappa shape index (κ3) is 2.92. The lowest BCUT2D eigenvalue weighted by Crippen LogP contribution is -2.07. The van der Waals surface area contributed by atoms with Gasteiger partial charge >= 0.3 is 0 Å². The number of aromatic nitrogens is 3. The molecular weight excluding hydrogens is 386 g/mol. The summed E-state index contributed by atoms with van der Waals surface area (Å²) in [5.74, 6) is 1.22. The third-order valence-electron chi connectivity index (χ3n) is 4.77. The van der Waals surface area contributed by atoms with E-state index >= 15 is 0 Å². The second kappa shape index (κ2) is 6.72. The zero-order valence-electron chi connectivity index (χ0n) is 15.4. The topological polar surface area (TPSA) is 87.8 Å². The van der Waals surface area contributed by atoms with E-state index in [0.29, 0.717) is 20.9 Å². The van der Waals surface area contributed by atoms with Crippen LogP contribution in [-0.2, 0) is 0 Å². The lowest BCUT2D eigenvalue weighted by Gasteiger charge is -2.06. The van der Waals surface area contributed by atoms with Crippen LogP contribution in [0, 0.1) is 0 Å². The number of hydrogen-bond donors (Lipinski definition) is 2. The highest BCUT2D eigenvalue weighted by molar-refractivity contribution is 7.25. The van der Waals surface area contributed by atoms with E-state index in [9.17, 15) is 9.59 Å². The molecule has 0 saturated heterocycles. The van der Waals surface area contributed by atoms with Crippen LogP contribution in [-0.4, -0.2) is 22.1 Å². The summed E-state index contributed by atoms with van der Waals surface area (Å²) in [7, 11) is 1.61. The van der Waals surface area contributed by atoms with Crippen molar-refractivity contribution in [1.29, 1.82) is 0 Å². The van der Waals surface area contributed by atoms with E-state index in [4.69, 9.17) is 9.72 Å². The van der Waals surface area contributed by atoms with Crippen LogP contribution in [0.5, 0.6) is 5.75 Å². The first kappa shape index (κ1) is 17.4. The quantitative estimate of drug-likeness (QED) is 0.475. The number of aromatic amines is 2. The predicted molar refractivity (Wildman–Crippen MR) is 116 cm³/mol. The summed E-state index contributed by atoms with van der Waals surface area (Å²) < 4.78 is 5.71. The molecule has 0 amide bonds. The molecule has 5 rings (SSSR count). The lowest BCUT2D eigenvalue weighted by atomic mass is 10.0. The fourth-order valence-corrected chi connectivity index (χ4v) is 4.46. The summed E-state index contributed by atoms with van der Waals surface area (Å²) in [5, 5.41) is 0.762. The smallest absolute Gasteiger partial charge is 0.269 e. The molecule has 0 saturated carbocycles. The van der Waals surface area contributed by atoms with Gasteiger partial charge in [0.2, 0.25) is 5.56 Å². The SMILES string of the molecule is COc1ccc(-c2cc(=O)[nH]c3sc4c(=O)[nH]c(-c5ccccc5)nc4c23)cc1. The normalized spacial score (nSPS) is 11.2. The Hall–Kier alpha value is -3.71. The Morgan fingerprint density at radius 2 is 1.69 bits per heavy atom. The average Bonchev–Trinajstić information content (AvgIpc) is 3.12. The Kier molecular flexibility index (Phi) is 4.03. The van der Waals surface area contributed by atoms with Gasteiger partial charge in [0.05, 0.1) is 12.6 Å². The fraction of sp³-hybridized carbons (Fsp3) is 0.0455. The van der Waals surface area contributed by atoms with Crippen LogP contribution in [0.15, 0.2) is 70.3 Å². The van der Waals surface area contributed by atoms with Crippen LogP contribution in [0.1, 0.15) is 0 Å². The molecule has 6 nitrogen and oxygen atoms in total. The van der Waals surface area contributed by atoms with Gasteiger partial charge in [-0.05, 0) is 23.3 Å². The highest BCUT2D eigenvalue weighted by Crippen LogP contribution is 2.36. The summed E-state index contributed by atoms with van der Waals surface area (Å²) in [6, 6.07) is 18.5. The molecule has 0 fully saturated rings. The molecule has 3 heterocycles. The molecule has 2 N–H and O–H groups in total. The van der Waals surface area contributed by atoms with Crippen LogP contribution in [0.3, 0.4) is 0 Å². The zero-order valence-corrected chi connectivity index (χ0v) is 16.2. The summed E-state index contributed by atoms with van der Waals surface area (Å²) in [4.78, 5) is 36.1. The maximum absolute atomic E-state index is 12.8. The highest BCUT2D eigenvalue weighted by Gasteiger charge is 2.17. The van der Waals surface area contributed by atoms with E-state index < -0.39 is 0 Å². The fourth-order valence-electron chi connectivity index (χ4n) is 3.41. The third-order valence-corrected chi connectivity index (χ3v) is 5.87. The molecule has 0 atom stereocenters. The summed E-state index contributed by atoms with van der Waals surface area (Å²) >= 11 is 1.24. The molecule has 0 aliphatic carbocycles. The van der Waals surface area contributed by atoms with Crippen molar-refractivity contribution >= 4 is 31.8 Å². The predicted octanol–water partition coefficient (Wildman–Crippen LogP) is 4.17. The number of nitrogens with one attached hydrogen (secondary N) is 2. The number of hydrogen-bond acceptors (Lipinski definition) is 5. The highest BCUT2D eigenvalue weighted by atomic mass is 32.1. The molecule has 5 aromatic rings. The first-order chi connectivity index (χ1) is 14.1. The number of methoxy groups -OCH3 is 1. The van der Waals surface area contributed by atoms with Gasteiger partial charge < -0.3 is 14.7 Å². The number of ether oxygens (including phenoxy) is 1. The van der Waals surface area contributed by atoms with Crippen LogP contribution >= 0.6 is 11.3 Å². The molecule has 29 heavy (non-hydrogen) atoms. The van der Waals surface area contributed by atoms with Gasteiger partial charge in [0.15, 0.2) is 0 Å². The number of nitrogens with zero attached hydrogens (tertiary/aromatic N) is 1. The van der Waals surface area contributed by atoms with E-state index in [0.717, 1.165) is 27.8 Å². The van der Waals surface area contributed by atoms with Crippen molar-refractivity contribution in [3.8, 4) is 28.3 Å². The van der Waals surface area contributed by atoms with Gasteiger partial charge in [-0.15, -0.1) is 11.3 Å². The summed E-state index contributed by atoms with van der Waals surface area (Å²) in [6.45, 7) is 0. The minimum absolute atomic E-state index is 0.225. The van der Waals surface area contributed by atoms with Crippen molar-refractivity contribution in [2.24, 2.45) is 0 Å². The van der Waals surface area contributed by atoms with Gasteiger partial charge in [-0.1, -0.05) is 42.5 Å². The Bertz CT molecular complexity index is 1470. The first-order valence-corrected chi connectivity index (χ1v) is 9.75. The van der Waals surface area contributed by atoms with E-state index in [1.807, 2.05) is 54.6 Å². The molecule has 0 spiro atoms. The lowest BCUT2D eigenvalue weighted by molar-refractivity contribution is 0.415. The van der Waals surface area contributed by atoms with Gasteiger partial charge in [0, 0.05) is 17.0 Å². The molecule has 0 aliphatic rings. The maximum Gasteiger partial charge on any atom is 0.269 e. The minimum atomic E-state index is -0.227. The van der Waals surface area contributed by atoms with Crippen molar-refractivity contribution < 1.29 is 4.74 Å². The Morgan fingerprint density at radius 3 is 2.41 bits per heavy atom. The van der Waals surface area contributed by atoms with Crippen molar-refractivity contribution in [3.05, 3.63) is 81.4 Å². The Balaban J connectivity index is 1.85. The second-order valence-electron chi connectivity index (χ2n) is 6.54. The van der Waals surface area contributed by atoms with Crippen molar-refractivity contribution in [2.75, 3.05) is 7.11 Å². The molecule has 0 bridgehead atoms. The Morgan fingerprint density at radius 1 is 0.931 bits per heavy atom. The number of fused-ring (bicyclic) bond motifs is 3. The van der Waals surface area contributed by atoms with Crippen molar-refractivity contribution in [3.63, 3.8) is 0 Å². The maximum atomic E-state index is 12.8. The standard InChI is InChI=1S/C22H15N3O3S/c1-28-14-9-7-12(8-10-14)15-11-16(26)23-22-17(15)18-19(29-22)21(27)25-20(24-18)13-5-3-2-4-6-13/h2-11H,1H3,(H,23,26)(H,24,25,27). The molecule has 0 aliphatic heterocycles. The number of rotatable bonds is 3. The van der Waals surface area contributed by atoms with Gasteiger partial charge in [0.1, 0.15) is 21.1 Å². The van der Waals surface area contributed by atoms with E-state index in [1.54, 1.807) is 13.2 Å². The molecule has 2 aromatic carbocycles. The average molecular weight is 401 g/mol. The molecular formula is C22H15N3O3S. The first-order valence-electron chi connectivity index (χ1n) is 8.94. The molecule has 0 radical (unpaired) electrons. The van der Waals surface area contributed by atoms with Gasteiger partial charge in [-0.3, -0.25) is 9.59 Å².